The molecule has 1 aromatic heterocycles. The molecule has 0 saturated heterocycles. The van der Waals surface area contributed by atoms with Crippen molar-refractivity contribution in [2.24, 2.45) is 5.10 Å². The zero-order valence-electron chi connectivity index (χ0n) is 14.3. The van der Waals surface area contributed by atoms with Crippen LogP contribution in [0.2, 0.25) is 0 Å². The Hall–Kier alpha value is -2.73. The highest BCUT2D eigenvalue weighted by Gasteiger charge is 2.13. The number of ether oxygens (including phenoxy) is 1. The molecule has 0 saturated carbocycles. The van der Waals surface area contributed by atoms with Crippen molar-refractivity contribution in [2.45, 2.75) is 20.3 Å². The second-order valence-corrected chi connectivity index (χ2v) is 5.82. The van der Waals surface area contributed by atoms with E-state index in [-0.39, 0.29) is 0 Å². The van der Waals surface area contributed by atoms with E-state index in [1.54, 1.807) is 10.9 Å². The Morgan fingerprint density at radius 1 is 1.16 bits per heavy atom. The topological polar surface area (TPSA) is 55.2 Å². The quantitative estimate of drug-likeness (QED) is 0.527. The van der Waals surface area contributed by atoms with E-state index in [9.17, 15) is 0 Å². The van der Waals surface area contributed by atoms with Crippen molar-refractivity contribution in [1.29, 1.82) is 0 Å². The molecule has 1 N–H and O–H groups in total. The molecule has 0 aliphatic heterocycles. The molecule has 0 atom stereocenters. The Kier molecular flexibility index (Phi) is 5.40. The van der Waals surface area contributed by atoms with Crippen LogP contribution in [0, 0.1) is 4.77 Å². The lowest BCUT2D eigenvalue weighted by Gasteiger charge is -2.08. The normalized spacial score (nSPS) is 11.1. The average molecular weight is 352 g/mol. The predicted octanol–water partition coefficient (Wildman–Crippen LogP) is 4.45. The SMILES string of the molecule is CCOc1ccccc1-c1n[nH]c(=S)n1/N=C\c1ccc(CC)cc1. The molecule has 25 heavy (non-hydrogen) atoms. The first-order valence-corrected chi connectivity index (χ1v) is 8.66. The molecule has 0 fully saturated rings. The van der Waals surface area contributed by atoms with Gasteiger partial charge in [-0.15, -0.1) is 0 Å². The summed E-state index contributed by atoms with van der Waals surface area (Å²) in [6, 6.07) is 16.0. The second kappa shape index (κ2) is 7.90. The highest BCUT2D eigenvalue weighted by atomic mass is 32.1. The number of hydrogen-bond donors (Lipinski definition) is 1. The molecule has 0 aliphatic carbocycles. The third kappa shape index (κ3) is 3.85. The summed E-state index contributed by atoms with van der Waals surface area (Å²) in [6.07, 6.45) is 2.79. The molecule has 0 bridgehead atoms. The summed E-state index contributed by atoms with van der Waals surface area (Å²) in [5.74, 6) is 1.37. The number of H-pyrrole nitrogens is 1. The highest BCUT2D eigenvalue weighted by Crippen LogP contribution is 2.28. The van der Waals surface area contributed by atoms with E-state index in [0.29, 0.717) is 17.2 Å². The van der Waals surface area contributed by atoms with Gasteiger partial charge in [-0.25, -0.2) is 5.10 Å². The lowest BCUT2D eigenvalue weighted by Crippen LogP contribution is -1.99. The van der Waals surface area contributed by atoms with Gasteiger partial charge >= 0.3 is 0 Å². The number of hydrogen-bond acceptors (Lipinski definition) is 4. The van der Waals surface area contributed by atoms with Crippen molar-refractivity contribution >= 4 is 18.4 Å². The van der Waals surface area contributed by atoms with Crippen molar-refractivity contribution < 1.29 is 4.74 Å². The number of nitrogens with one attached hydrogen (secondary N) is 1. The van der Waals surface area contributed by atoms with Gasteiger partial charge in [0, 0.05) is 0 Å². The molecule has 6 heteroatoms. The van der Waals surface area contributed by atoms with Gasteiger partial charge in [0.1, 0.15) is 5.75 Å². The fourth-order valence-electron chi connectivity index (χ4n) is 2.47. The Bertz CT molecular complexity index is 925. The summed E-state index contributed by atoms with van der Waals surface area (Å²) in [7, 11) is 0. The minimum absolute atomic E-state index is 0.433. The van der Waals surface area contributed by atoms with Gasteiger partial charge in [-0.2, -0.15) is 14.9 Å². The van der Waals surface area contributed by atoms with Crippen LogP contribution in [-0.4, -0.2) is 27.7 Å². The van der Waals surface area contributed by atoms with Crippen LogP contribution in [0.4, 0.5) is 0 Å². The van der Waals surface area contributed by atoms with E-state index < -0.39 is 0 Å². The molecule has 0 unspecified atom stereocenters. The largest absolute Gasteiger partial charge is 0.493 e. The molecule has 3 rings (SSSR count). The minimum Gasteiger partial charge on any atom is -0.493 e. The summed E-state index contributed by atoms with van der Waals surface area (Å²) in [4.78, 5) is 0. The first-order chi connectivity index (χ1) is 12.2. The van der Waals surface area contributed by atoms with E-state index in [2.05, 4.69) is 34.4 Å². The monoisotopic (exact) mass is 352 g/mol. The van der Waals surface area contributed by atoms with Crippen molar-refractivity contribution in [3.05, 3.63) is 64.4 Å². The van der Waals surface area contributed by atoms with Gasteiger partial charge < -0.3 is 4.74 Å². The molecule has 0 aliphatic rings. The molecule has 1 heterocycles. The molecule has 5 nitrogen and oxygen atoms in total. The number of aromatic nitrogens is 3. The number of aromatic amines is 1. The van der Waals surface area contributed by atoms with Crippen LogP contribution in [0.3, 0.4) is 0 Å². The Morgan fingerprint density at radius 3 is 2.64 bits per heavy atom. The van der Waals surface area contributed by atoms with Crippen LogP contribution in [0.5, 0.6) is 5.75 Å². The molecule has 128 valence electrons. The van der Waals surface area contributed by atoms with E-state index in [4.69, 9.17) is 17.0 Å². The number of aryl methyl sites for hydroxylation is 1. The molecule has 0 amide bonds. The molecule has 0 radical (unpaired) electrons. The average Bonchev–Trinajstić information content (AvgIpc) is 3.01. The van der Waals surface area contributed by atoms with Crippen LogP contribution in [0.1, 0.15) is 25.0 Å². The third-order valence-corrected chi connectivity index (χ3v) is 4.05. The van der Waals surface area contributed by atoms with Crippen molar-refractivity contribution in [3.63, 3.8) is 0 Å². The summed E-state index contributed by atoms with van der Waals surface area (Å²) in [5, 5.41) is 11.6. The van der Waals surface area contributed by atoms with Crippen molar-refractivity contribution in [1.82, 2.24) is 14.9 Å². The van der Waals surface area contributed by atoms with Crippen LogP contribution in [-0.2, 0) is 6.42 Å². The molecular formula is C19H20N4OS. The fourth-order valence-corrected chi connectivity index (χ4v) is 2.65. The maximum Gasteiger partial charge on any atom is 0.216 e. The first-order valence-electron chi connectivity index (χ1n) is 8.25. The summed E-state index contributed by atoms with van der Waals surface area (Å²) in [6.45, 7) is 4.66. The Balaban J connectivity index is 1.97. The lowest BCUT2D eigenvalue weighted by molar-refractivity contribution is 0.341. The van der Waals surface area contributed by atoms with E-state index in [0.717, 1.165) is 23.3 Å². The maximum absolute atomic E-state index is 5.69. The third-order valence-electron chi connectivity index (χ3n) is 3.79. The fraction of sp³-hybridized carbons (Fsp3) is 0.211. The molecule has 3 aromatic rings. The van der Waals surface area contributed by atoms with Crippen molar-refractivity contribution in [3.8, 4) is 17.1 Å². The highest BCUT2D eigenvalue weighted by molar-refractivity contribution is 7.71. The number of para-hydroxylation sites is 1. The summed E-state index contributed by atoms with van der Waals surface area (Å²) in [5.41, 5.74) is 3.14. The van der Waals surface area contributed by atoms with Crippen LogP contribution < -0.4 is 4.74 Å². The van der Waals surface area contributed by atoms with Crippen LogP contribution >= 0.6 is 12.2 Å². The molecule has 2 aromatic carbocycles. The van der Waals surface area contributed by atoms with Gasteiger partial charge in [0.2, 0.25) is 4.77 Å². The Labute approximate surface area is 152 Å². The smallest absolute Gasteiger partial charge is 0.216 e. The molecular weight excluding hydrogens is 332 g/mol. The predicted molar refractivity (Wildman–Crippen MR) is 103 cm³/mol. The molecule has 0 spiro atoms. The van der Waals surface area contributed by atoms with Crippen molar-refractivity contribution in [2.75, 3.05) is 6.61 Å². The number of rotatable bonds is 6. The summed E-state index contributed by atoms with van der Waals surface area (Å²) < 4.78 is 7.74. The standard InChI is InChI=1S/C19H20N4OS/c1-3-14-9-11-15(12-10-14)13-20-23-18(21-22-19(23)25)16-7-5-6-8-17(16)24-4-2/h5-13H,3-4H2,1-2H3,(H,22,25)/b20-13-. The number of benzene rings is 2. The zero-order chi connectivity index (χ0) is 17.6. The van der Waals surface area contributed by atoms with E-state index in [1.807, 2.05) is 43.3 Å². The van der Waals surface area contributed by atoms with Gasteiger partial charge in [-0.05, 0) is 48.8 Å². The first kappa shape index (κ1) is 17.1. The zero-order valence-corrected chi connectivity index (χ0v) is 15.1. The van der Waals surface area contributed by atoms with E-state index in [1.165, 1.54) is 5.56 Å². The van der Waals surface area contributed by atoms with Gasteiger partial charge in [-0.3, -0.25) is 0 Å². The maximum atomic E-state index is 5.69. The summed E-state index contributed by atoms with van der Waals surface area (Å²) >= 11 is 5.33. The van der Waals surface area contributed by atoms with Crippen LogP contribution in [0.15, 0.2) is 53.6 Å². The van der Waals surface area contributed by atoms with Gasteiger partial charge in [0.25, 0.3) is 0 Å². The second-order valence-electron chi connectivity index (χ2n) is 5.43. The van der Waals surface area contributed by atoms with E-state index >= 15 is 0 Å². The number of nitrogens with zero attached hydrogens (tertiary/aromatic N) is 3. The van der Waals surface area contributed by atoms with Gasteiger partial charge in [0.15, 0.2) is 5.82 Å². The lowest BCUT2D eigenvalue weighted by atomic mass is 10.1. The van der Waals surface area contributed by atoms with Crippen LogP contribution in [0.25, 0.3) is 11.4 Å². The van der Waals surface area contributed by atoms with Gasteiger partial charge in [0.05, 0.1) is 18.4 Å². The Morgan fingerprint density at radius 2 is 1.92 bits per heavy atom. The van der Waals surface area contributed by atoms with Gasteiger partial charge in [-0.1, -0.05) is 43.3 Å². The minimum atomic E-state index is 0.433.